The van der Waals surface area contributed by atoms with E-state index in [0.29, 0.717) is 31.1 Å². The minimum atomic E-state index is -3.51. The second-order valence-corrected chi connectivity index (χ2v) is 7.87. The van der Waals surface area contributed by atoms with E-state index in [2.05, 4.69) is 0 Å². The van der Waals surface area contributed by atoms with Crippen molar-refractivity contribution in [1.82, 2.24) is 4.31 Å². The van der Waals surface area contributed by atoms with Crippen molar-refractivity contribution in [3.05, 3.63) is 65.2 Å². The Morgan fingerprint density at radius 2 is 1.78 bits per heavy atom. The van der Waals surface area contributed by atoms with E-state index >= 15 is 0 Å². The van der Waals surface area contributed by atoms with Crippen LogP contribution < -0.4 is 0 Å². The first-order valence-electron chi connectivity index (χ1n) is 7.47. The molecule has 4 nitrogen and oxygen atoms in total. The maximum atomic E-state index is 12.7. The largest absolute Gasteiger partial charge is 0.375 e. The number of morpholine rings is 1. The average molecular weight is 352 g/mol. The molecule has 0 bridgehead atoms. The van der Waals surface area contributed by atoms with Gasteiger partial charge in [0.2, 0.25) is 10.0 Å². The third kappa shape index (κ3) is 3.93. The predicted octanol–water partition coefficient (Wildman–Crippen LogP) is 2.97. The zero-order chi connectivity index (χ0) is 16.3. The van der Waals surface area contributed by atoms with Gasteiger partial charge >= 0.3 is 0 Å². The SMILES string of the molecule is O=S(=O)(c1ccc(Cl)cc1)N1CCOC(Cc2ccccc2)C1. The first kappa shape index (κ1) is 16.5. The van der Waals surface area contributed by atoms with Gasteiger partial charge in [0.15, 0.2) is 0 Å². The molecule has 0 aliphatic carbocycles. The Labute approximate surface area is 141 Å². The van der Waals surface area contributed by atoms with E-state index in [-0.39, 0.29) is 11.0 Å². The van der Waals surface area contributed by atoms with Crippen LogP contribution in [0.5, 0.6) is 0 Å². The quantitative estimate of drug-likeness (QED) is 0.850. The molecule has 2 aromatic carbocycles. The van der Waals surface area contributed by atoms with Crippen molar-refractivity contribution < 1.29 is 13.2 Å². The molecule has 1 atom stereocenters. The third-order valence-corrected chi connectivity index (χ3v) is 5.99. The second-order valence-electron chi connectivity index (χ2n) is 5.50. The molecular formula is C17H18ClNO3S. The molecule has 1 saturated heterocycles. The smallest absolute Gasteiger partial charge is 0.243 e. The number of nitrogens with zero attached hydrogens (tertiary/aromatic N) is 1. The summed E-state index contributed by atoms with van der Waals surface area (Å²) in [5.74, 6) is 0. The van der Waals surface area contributed by atoms with Crippen molar-refractivity contribution in [1.29, 1.82) is 0 Å². The van der Waals surface area contributed by atoms with E-state index in [1.807, 2.05) is 30.3 Å². The van der Waals surface area contributed by atoms with Crippen molar-refractivity contribution >= 4 is 21.6 Å². The number of sulfonamides is 1. The van der Waals surface area contributed by atoms with Gasteiger partial charge in [-0.3, -0.25) is 0 Å². The van der Waals surface area contributed by atoms with Gasteiger partial charge in [-0.1, -0.05) is 41.9 Å². The van der Waals surface area contributed by atoms with Crippen molar-refractivity contribution in [2.24, 2.45) is 0 Å². The maximum absolute atomic E-state index is 12.7. The Bertz CT molecular complexity index is 747. The summed E-state index contributed by atoms with van der Waals surface area (Å²) >= 11 is 5.83. The van der Waals surface area contributed by atoms with Gasteiger partial charge in [-0.25, -0.2) is 8.42 Å². The molecule has 1 unspecified atom stereocenters. The number of benzene rings is 2. The highest BCUT2D eigenvalue weighted by Gasteiger charge is 2.30. The summed E-state index contributed by atoms with van der Waals surface area (Å²) in [4.78, 5) is 0.266. The molecule has 0 aromatic heterocycles. The molecule has 0 radical (unpaired) electrons. The van der Waals surface area contributed by atoms with E-state index in [1.165, 1.54) is 4.31 Å². The molecule has 1 heterocycles. The minimum Gasteiger partial charge on any atom is -0.375 e. The summed E-state index contributed by atoms with van der Waals surface area (Å²) in [5.41, 5.74) is 1.14. The Hall–Kier alpha value is -1.40. The number of hydrogen-bond donors (Lipinski definition) is 0. The normalized spacial score (nSPS) is 19.6. The lowest BCUT2D eigenvalue weighted by Gasteiger charge is -2.32. The summed E-state index contributed by atoms with van der Waals surface area (Å²) in [5, 5.41) is 0.521. The van der Waals surface area contributed by atoms with Gasteiger partial charge in [-0.2, -0.15) is 4.31 Å². The molecule has 1 aliphatic heterocycles. The second kappa shape index (κ2) is 7.01. The monoisotopic (exact) mass is 351 g/mol. The highest BCUT2D eigenvalue weighted by atomic mass is 35.5. The van der Waals surface area contributed by atoms with Crippen LogP contribution in [-0.2, 0) is 21.2 Å². The van der Waals surface area contributed by atoms with Crippen LogP contribution in [0.1, 0.15) is 5.56 Å². The maximum Gasteiger partial charge on any atom is 0.243 e. The summed E-state index contributed by atoms with van der Waals surface area (Å²) < 4.78 is 32.7. The van der Waals surface area contributed by atoms with E-state index in [1.54, 1.807) is 24.3 Å². The number of halogens is 1. The topological polar surface area (TPSA) is 46.6 Å². The molecule has 6 heteroatoms. The fraction of sp³-hybridized carbons (Fsp3) is 0.294. The lowest BCUT2D eigenvalue weighted by Crippen LogP contribution is -2.46. The minimum absolute atomic E-state index is 0.131. The lowest BCUT2D eigenvalue weighted by atomic mass is 10.1. The van der Waals surface area contributed by atoms with Crippen molar-refractivity contribution in [3.63, 3.8) is 0 Å². The van der Waals surface area contributed by atoms with Crippen LogP contribution in [0.3, 0.4) is 0 Å². The van der Waals surface area contributed by atoms with Crippen LogP contribution >= 0.6 is 11.6 Å². The Kier molecular flexibility index (Phi) is 5.02. The molecule has 0 spiro atoms. The number of ether oxygens (including phenoxy) is 1. The van der Waals surface area contributed by atoms with Gasteiger partial charge in [0.25, 0.3) is 0 Å². The van der Waals surface area contributed by atoms with Crippen LogP contribution in [0.2, 0.25) is 5.02 Å². The fourth-order valence-corrected chi connectivity index (χ4v) is 4.25. The van der Waals surface area contributed by atoms with Crippen molar-refractivity contribution in [2.75, 3.05) is 19.7 Å². The summed E-state index contributed by atoms with van der Waals surface area (Å²) in [6, 6.07) is 16.2. The first-order chi connectivity index (χ1) is 11.1. The van der Waals surface area contributed by atoms with E-state index in [4.69, 9.17) is 16.3 Å². The number of hydrogen-bond acceptors (Lipinski definition) is 3. The molecule has 23 heavy (non-hydrogen) atoms. The van der Waals surface area contributed by atoms with Gasteiger partial charge in [0.05, 0.1) is 17.6 Å². The lowest BCUT2D eigenvalue weighted by molar-refractivity contribution is -0.000494. The molecule has 0 amide bonds. The molecule has 1 fully saturated rings. The molecule has 1 aliphatic rings. The van der Waals surface area contributed by atoms with Crippen molar-refractivity contribution in [2.45, 2.75) is 17.4 Å². The van der Waals surface area contributed by atoms with Crippen LogP contribution in [0.4, 0.5) is 0 Å². The molecule has 3 rings (SSSR count). The van der Waals surface area contributed by atoms with Gasteiger partial charge < -0.3 is 4.74 Å². The van der Waals surface area contributed by atoms with Crippen LogP contribution in [-0.4, -0.2) is 38.5 Å². The summed E-state index contributed by atoms with van der Waals surface area (Å²) in [6.07, 6.45) is 0.571. The molecular weight excluding hydrogens is 334 g/mol. The molecule has 122 valence electrons. The standard InChI is InChI=1S/C17H18ClNO3S/c18-15-6-8-17(9-7-15)23(20,21)19-10-11-22-16(13-19)12-14-4-2-1-3-5-14/h1-9,16H,10-13H2. The van der Waals surface area contributed by atoms with Gasteiger partial charge in [-0.05, 0) is 36.2 Å². The van der Waals surface area contributed by atoms with Crippen LogP contribution in [0.15, 0.2) is 59.5 Å². The highest BCUT2D eigenvalue weighted by molar-refractivity contribution is 7.89. The van der Waals surface area contributed by atoms with E-state index < -0.39 is 10.0 Å². The highest BCUT2D eigenvalue weighted by Crippen LogP contribution is 2.21. The predicted molar refractivity (Wildman–Crippen MR) is 90.1 cm³/mol. The summed E-state index contributed by atoms with van der Waals surface area (Å²) in [6.45, 7) is 1.14. The van der Waals surface area contributed by atoms with Gasteiger partial charge in [0, 0.05) is 18.1 Å². The first-order valence-corrected chi connectivity index (χ1v) is 9.29. The zero-order valence-electron chi connectivity index (χ0n) is 12.6. The van der Waals surface area contributed by atoms with Crippen LogP contribution in [0, 0.1) is 0 Å². The Balaban J connectivity index is 1.74. The Morgan fingerprint density at radius 3 is 2.48 bits per heavy atom. The summed E-state index contributed by atoms with van der Waals surface area (Å²) in [7, 11) is -3.51. The zero-order valence-corrected chi connectivity index (χ0v) is 14.1. The molecule has 0 saturated carbocycles. The van der Waals surface area contributed by atoms with Gasteiger partial charge in [-0.15, -0.1) is 0 Å². The third-order valence-electron chi connectivity index (χ3n) is 3.86. The van der Waals surface area contributed by atoms with E-state index in [9.17, 15) is 8.42 Å². The van der Waals surface area contributed by atoms with Crippen molar-refractivity contribution in [3.8, 4) is 0 Å². The molecule has 0 N–H and O–H groups in total. The average Bonchev–Trinajstić information content (AvgIpc) is 2.56. The number of rotatable bonds is 4. The van der Waals surface area contributed by atoms with Gasteiger partial charge in [0.1, 0.15) is 0 Å². The Morgan fingerprint density at radius 1 is 1.09 bits per heavy atom. The molecule has 2 aromatic rings. The van der Waals surface area contributed by atoms with E-state index in [0.717, 1.165) is 5.56 Å². The van der Waals surface area contributed by atoms with Crippen LogP contribution in [0.25, 0.3) is 0 Å². The fourth-order valence-electron chi connectivity index (χ4n) is 2.67.